The summed E-state index contributed by atoms with van der Waals surface area (Å²) in [5.74, 6) is 2.17. The summed E-state index contributed by atoms with van der Waals surface area (Å²) < 4.78 is 19.8. The molecule has 1 aromatic heterocycles. The Kier molecular flexibility index (Phi) is 8.84. The van der Waals surface area contributed by atoms with Gasteiger partial charge < -0.3 is 9.73 Å². The number of aromatic nitrogens is 1. The fourth-order valence-corrected chi connectivity index (χ4v) is 6.11. The Morgan fingerprint density at radius 1 is 1.18 bits per heavy atom. The van der Waals surface area contributed by atoms with Crippen LogP contribution in [0.3, 0.4) is 0 Å². The summed E-state index contributed by atoms with van der Waals surface area (Å²) in [6, 6.07) is 6.54. The average Bonchev–Trinajstić information content (AvgIpc) is 3.20. The van der Waals surface area contributed by atoms with Gasteiger partial charge in [-0.05, 0) is 70.0 Å². The molecule has 2 heterocycles. The molecule has 7 heteroatoms. The number of likely N-dealkylation sites (tertiary alicyclic amines) is 1. The second-order valence-corrected chi connectivity index (χ2v) is 10.7. The van der Waals surface area contributed by atoms with E-state index in [9.17, 15) is 9.18 Å². The van der Waals surface area contributed by atoms with Crippen LogP contribution in [0.5, 0.6) is 0 Å². The lowest BCUT2D eigenvalue weighted by Crippen LogP contribution is -2.40. The highest BCUT2D eigenvalue weighted by Gasteiger charge is 2.26. The van der Waals surface area contributed by atoms with Crippen molar-refractivity contribution in [1.29, 1.82) is 0 Å². The predicted octanol–water partition coefficient (Wildman–Crippen LogP) is 5.57. The number of oxazole rings is 1. The molecule has 2 aliphatic rings. The lowest BCUT2D eigenvalue weighted by molar-refractivity contribution is -0.126. The number of amides is 1. The van der Waals surface area contributed by atoms with E-state index in [0.717, 1.165) is 61.4 Å². The van der Waals surface area contributed by atoms with Gasteiger partial charge in [0.05, 0.1) is 11.3 Å². The molecular weight excluding hydrogens is 437 g/mol. The van der Waals surface area contributed by atoms with Crippen LogP contribution >= 0.6 is 11.8 Å². The van der Waals surface area contributed by atoms with E-state index in [1.165, 1.54) is 38.2 Å². The second kappa shape index (κ2) is 12.0. The number of thioether (sulfide) groups is 1. The minimum absolute atomic E-state index is 0.0969. The molecule has 0 radical (unpaired) electrons. The van der Waals surface area contributed by atoms with Crippen LogP contribution < -0.4 is 5.32 Å². The number of nitrogens with zero attached hydrogens (tertiary/aromatic N) is 2. The number of benzene rings is 1. The van der Waals surface area contributed by atoms with E-state index in [1.807, 2.05) is 6.92 Å². The molecule has 180 valence electrons. The number of hydrogen-bond donors (Lipinski definition) is 1. The maximum atomic E-state index is 14.1. The largest absolute Gasteiger partial charge is 0.441 e. The summed E-state index contributed by atoms with van der Waals surface area (Å²) in [7, 11) is 0. The molecule has 2 fully saturated rings. The van der Waals surface area contributed by atoms with Crippen LogP contribution in [-0.2, 0) is 11.3 Å². The van der Waals surface area contributed by atoms with E-state index < -0.39 is 0 Å². The topological polar surface area (TPSA) is 58.4 Å². The molecule has 1 N–H and O–H groups in total. The van der Waals surface area contributed by atoms with Gasteiger partial charge in [0.25, 0.3) is 0 Å². The molecule has 0 unspecified atom stereocenters. The monoisotopic (exact) mass is 473 g/mol. The van der Waals surface area contributed by atoms with E-state index in [4.69, 9.17) is 4.42 Å². The Balaban J connectivity index is 1.16. The molecule has 1 saturated heterocycles. The Morgan fingerprint density at radius 3 is 2.70 bits per heavy atom. The van der Waals surface area contributed by atoms with Crippen LogP contribution in [-0.4, -0.2) is 46.4 Å². The molecular formula is C26H36FN3O2S. The van der Waals surface area contributed by atoms with Gasteiger partial charge in [-0.15, -0.1) is 0 Å². The minimum Gasteiger partial charge on any atom is -0.441 e. The highest BCUT2D eigenvalue weighted by Crippen LogP contribution is 2.29. The number of carbonyl (C=O) groups excluding carboxylic acids is 1. The lowest BCUT2D eigenvalue weighted by atomic mass is 9.95. The fourth-order valence-electron chi connectivity index (χ4n) is 4.80. The third-order valence-electron chi connectivity index (χ3n) is 6.85. The van der Waals surface area contributed by atoms with Crippen LogP contribution in [0, 0.1) is 18.7 Å². The van der Waals surface area contributed by atoms with Crippen molar-refractivity contribution in [2.45, 2.75) is 70.1 Å². The maximum absolute atomic E-state index is 14.1. The minimum atomic E-state index is -0.329. The zero-order valence-corrected chi connectivity index (χ0v) is 20.5. The number of nitrogens with one attached hydrogen (secondary N) is 1. The predicted molar refractivity (Wildman–Crippen MR) is 132 cm³/mol. The van der Waals surface area contributed by atoms with Crippen molar-refractivity contribution >= 4 is 17.7 Å². The number of halogens is 1. The van der Waals surface area contributed by atoms with Gasteiger partial charge in [0, 0.05) is 24.3 Å². The number of piperidine rings is 1. The molecule has 4 rings (SSSR count). The van der Waals surface area contributed by atoms with Crippen molar-refractivity contribution in [1.82, 2.24) is 15.2 Å². The third kappa shape index (κ3) is 6.82. The van der Waals surface area contributed by atoms with Crippen LogP contribution in [0.1, 0.15) is 62.8 Å². The van der Waals surface area contributed by atoms with Gasteiger partial charge in [-0.25, -0.2) is 9.37 Å². The molecule has 5 nitrogen and oxygen atoms in total. The molecule has 0 spiro atoms. The van der Waals surface area contributed by atoms with Gasteiger partial charge in [0.15, 0.2) is 0 Å². The SMILES string of the molecule is Cc1oc(-c2ccccc2F)nc1CN1CCC(C(=O)NCCCSC2CCCCC2)CC1. The second-order valence-electron chi connectivity index (χ2n) is 9.33. The van der Waals surface area contributed by atoms with Crippen LogP contribution in [0.25, 0.3) is 11.5 Å². The molecule has 1 aliphatic carbocycles. The molecule has 1 amide bonds. The fraction of sp³-hybridized carbons (Fsp3) is 0.615. The molecule has 0 atom stereocenters. The summed E-state index contributed by atoms with van der Waals surface area (Å²) in [6.07, 6.45) is 9.69. The first-order valence-corrected chi connectivity index (χ1v) is 13.5. The number of hydrogen-bond acceptors (Lipinski definition) is 5. The van der Waals surface area contributed by atoms with Gasteiger partial charge in [-0.3, -0.25) is 9.69 Å². The highest BCUT2D eigenvalue weighted by atomic mass is 32.2. The molecule has 0 bridgehead atoms. The quantitative estimate of drug-likeness (QED) is 0.482. The van der Waals surface area contributed by atoms with Crippen molar-refractivity contribution in [2.24, 2.45) is 5.92 Å². The van der Waals surface area contributed by atoms with Crippen LogP contribution in [0.2, 0.25) is 0 Å². The third-order valence-corrected chi connectivity index (χ3v) is 8.32. The highest BCUT2D eigenvalue weighted by molar-refractivity contribution is 7.99. The maximum Gasteiger partial charge on any atom is 0.229 e. The van der Waals surface area contributed by atoms with Crippen molar-refractivity contribution in [3.05, 3.63) is 41.5 Å². The van der Waals surface area contributed by atoms with E-state index in [-0.39, 0.29) is 17.6 Å². The van der Waals surface area contributed by atoms with E-state index in [0.29, 0.717) is 18.0 Å². The number of carbonyl (C=O) groups is 1. The van der Waals surface area contributed by atoms with E-state index in [1.54, 1.807) is 18.2 Å². The first-order chi connectivity index (χ1) is 16.1. The molecule has 1 aliphatic heterocycles. The number of aryl methyl sites for hydroxylation is 1. The summed E-state index contributed by atoms with van der Waals surface area (Å²) >= 11 is 2.10. The Hall–Kier alpha value is -1.86. The summed E-state index contributed by atoms with van der Waals surface area (Å²) in [5, 5.41) is 4.00. The standard InChI is InChI=1S/C26H36FN3O2S/c1-19-24(29-26(32-19)22-10-5-6-11-23(22)27)18-30-15-12-20(13-16-30)25(31)28-14-7-17-33-21-8-3-2-4-9-21/h5-6,10-11,20-21H,2-4,7-9,12-18H2,1H3,(H,28,31). The summed E-state index contributed by atoms with van der Waals surface area (Å²) in [5.41, 5.74) is 1.23. The van der Waals surface area contributed by atoms with Gasteiger partial charge in [0.1, 0.15) is 11.6 Å². The smallest absolute Gasteiger partial charge is 0.229 e. The van der Waals surface area contributed by atoms with E-state index in [2.05, 4.69) is 27.0 Å². The molecule has 33 heavy (non-hydrogen) atoms. The van der Waals surface area contributed by atoms with Crippen LogP contribution in [0.15, 0.2) is 28.7 Å². The normalized spacial score (nSPS) is 18.5. The van der Waals surface area contributed by atoms with Gasteiger partial charge >= 0.3 is 0 Å². The molecule has 1 saturated carbocycles. The van der Waals surface area contributed by atoms with Crippen LogP contribution in [0.4, 0.5) is 4.39 Å². The number of rotatable bonds is 9. The van der Waals surface area contributed by atoms with Crippen molar-refractivity contribution in [3.63, 3.8) is 0 Å². The summed E-state index contributed by atoms with van der Waals surface area (Å²) in [6.45, 7) is 5.04. The first-order valence-electron chi connectivity index (χ1n) is 12.4. The Morgan fingerprint density at radius 2 is 1.94 bits per heavy atom. The zero-order chi connectivity index (χ0) is 23.0. The van der Waals surface area contributed by atoms with Crippen molar-refractivity contribution in [2.75, 3.05) is 25.4 Å². The Labute approximate surface area is 200 Å². The molecule has 2 aromatic rings. The van der Waals surface area contributed by atoms with Crippen molar-refractivity contribution in [3.8, 4) is 11.5 Å². The first kappa shape index (κ1) is 24.3. The van der Waals surface area contributed by atoms with Gasteiger partial charge in [-0.2, -0.15) is 11.8 Å². The summed E-state index contributed by atoms with van der Waals surface area (Å²) in [4.78, 5) is 19.4. The van der Waals surface area contributed by atoms with E-state index >= 15 is 0 Å². The average molecular weight is 474 g/mol. The Bertz CT molecular complexity index is 905. The zero-order valence-electron chi connectivity index (χ0n) is 19.7. The molecule has 1 aromatic carbocycles. The van der Waals surface area contributed by atoms with Gasteiger partial charge in [-0.1, -0.05) is 31.4 Å². The van der Waals surface area contributed by atoms with Gasteiger partial charge in [0.2, 0.25) is 11.8 Å². The lowest BCUT2D eigenvalue weighted by Gasteiger charge is -2.30. The van der Waals surface area contributed by atoms with Crippen molar-refractivity contribution < 1.29 is 13.6 Å².